The molecule has 1 fully saturated rings. The third-order valence-corrected chi connectivity index (χ3v) is 7.58. The summed E-state index contributed by atoms with van der Waals surface area (Å²) in [5, 5.41) is 5.39. The molecule has 0 atom stereocenters. The molecule has 0 unspecified atom stereocenters. The molecule has 1 heterocycles. The van der Waals surface area contributed by atoms with Crippen LogP contribution in [0.1, 0.15) is 28.8 Å². The topological polar surface area (TPSA) is 95.6 Å². The number of sulfonamides is 1. The highest BCUT2D eigenvalue weighted by Crippen LogP contribution is 2.25. The quantitative estimate of drug-likeness (QED) is 0.547. The van der Waals surface area contributed by atoms with Gasteiger partial charge in [-0.3, -0.25) is 9.59 Å². The first-order chi connectivity index (χ1) is 15.8. The van der Waals surface area contributed by atoms with Gasteiger partial charge in [0.2, 0.25) is 15.9 Å². The van der Waals surface area contributed by atoms with Gasteiger partial charge in [-0.2, -0.15) is 4.31 Å². The fourth-order valence-electron chi connectivity index (χ4n) is 3.72. The number of hydrogen-bond donors (Lipinski definition) is 2. The number of piperidine rings is 1. The minimum absolute atomic E-state index is 0.166. The van der Waals surface area contributed by atoms with E-state index in [1.807, 2.05) is 30.3 Å². The van der Waals surface area contributed by atoms with E-state index in [-0.39, 0.29) is 35.4 Å². The number of rotatable bonds is 9. The van der Waals surface area contributed by atoms with E-state index in [0.29, 0.717) is 32.4 Å². The van der Waals surface area contributed by atoms with Crippen molar-refractivity contribution in [2.75, 3.05) is 26.2 Å². The summed E-state index contributed by atoms with van der Waals surface area (Å²) in [5.41, 5.74) is 0.852. The second kappa shape index (κ2) is 11.2. The third-order valence-electron chi connectivity index (χ3n) is 5.69. The van der Waals surface area contributed by atoms with Crippen LogP contribution in [-0.4, -0.2) is 50.7 Å². The molecule has 0 radical (unpaired) electrons. The first-order valence-corrected chi connectivity index (χ1v) is 12.3. The molecule has 3 rings (SSSR count). The molecule has 1 aliphatic rings. The van der Waals surface area contributed by atoms with E-state index in [4.69, 9.17) is 0 Å². The van der Waals surface area contributed by atoms with Crippen molar-refractivity contribution >= 4 is 21.8 Å². The number of nitrogens with zero attached hydrogens (tertiary/aromatic N) is 1. The Hall–Kier alpha value is -3.04. The van der Waals surface area contributed by atoms with Gasteiger partial charge in [0, 0.05) is 26.2 Å². The second-order valence-electron chi connectivity index (χ2n) is 7.93. The van der Waals surface area contributed by atoms with E-state index >= 15 is 0 Å². The number of hydrogen-bond acceptors (Lipinski definition) is 4. The molecule has 0 saturated carbocycles. The molecule has 9 heteroatoms. The number of benzene rings is 2. The van der Waals surface area contributed by atoms with Gasteiger partial charge in [-0.1, -0.05) is 36.9 Å². The molecule has 0 aromatic heterocycles. The number of carbonyl (C=O) groups is 2. The van der Waals surface area contributed by atoms with Gasteiger partial charge < -0.3 is 10.6 Å². The van der Waals surface area contributed by atoms with Gasteiger partial charge in [0.05, 0.1) is 10.5 Å². The Labute approximate surface area is 193 Å². The van der Waals surface area contributed by atoms with Crippen molar-refractivity contribution < 1.29 is 22.4 Å². The van der Waals surface area contributed by atoms with Crippen molar-refractivity contribution in [1.82, 2.24) is 14.9 Å². The highest BCUT2D eigenvalue weighted by atomic mass is 32.2. The van der Waals surface area contributed by atoms with Crippen molar-refractivity contribution in [2.45, 2.75) is 24.2 Å². The third kappa shape index (κ3) is 6.49. The van der Waals surface area contributed by atoms with E-state index in [2.05, 4.69) is 17.2 Å². The van der Waals surface area contributed by atoms with Crippen molar-refractivity contribution in [3.63, 3.8) is 0 Å². The Bertz CT molecular complexity index is 1100. The Morgan fingerprint density at radius 2 is 1.79 bits per heavy atom. The van der Waals surface area contributed by atoms with Gasteiger partial charge in [-0.05, 0) is 55.0 Å². The molecule has 33 heavy (non-hydrogen) atoms. The smallest absolute Gasteiger partial charge is 0.254 e. The van der Waals surface area contributed by atoms with Crippen molar-refractivity contribution in [2.24, 2.45) is 5.92 Å². The molecule has 7 nitrogen and oxygen atoms in total. The highest BCUT2D eigenvalue weighted by molar-refractivity contribution is 7.89. The molecule has 0 spiro atoms. The lowest BCUT2D eigenvalue weighted by molar-refractivity contribution is -0.116. The predicted octanol–water partition coefficient (Wildman–Crippen LogP) is 2.50. The Morgan fingerprint density at radius 1 is 1.09 bits per heavy atom. The highest BCUT2D eigenvalue weighted by Gasteiger charge is 2.30. The summed E-state index contributed by atoms with van der Waals surface area (Å²) in [6.07, 6.45) is 2.97. The van der Waals surface area contributed by atoms with Crippen LogP contribution < -0.4 is 10.6 Å². The summed E-state index contributed by atoms with van der Waals surface area (Å²) in [6.45, 7) is 4.75. The molecule has 1 saturated heterocycles. The van der Waals surface area contributed by atoms with Crippen LogP contribution in [0.2, 0.25) is 0 Å². The molecule has 1 aliphatic heterocycles. The Morgan fingerprint density at radius 3 is 2.42 bits per heavy atom. The van der Waals surface area contributed by atoms with Gasteiger partial charge in [0.15, 0.2) is 0 Å². The lowest BCUT2D eigenvalue weighted by Crippen LogP contribution is -2.41. The first kappa shape index (κ1) is 24.6. The van der Waals surface area contributed by atoms with Gasteiger partial charge in [-0.15, -0.1) is 0 Å². The minimum atomic E-state index is -3.88. The van der Waals surface area contributed by atoms with E-state index in [1.165, 1.54) is 22.5 Å². The lowest BCUT2D eigenvalue weighted by atomic mass is 9.98. The fraction of sp³-hybridized carbons (Fsp3) is 0.333. The number of amides is 2. The molecule has 0 aliphatic carbocycles. The van der Waals surface area contributed by atoms with Crippen LogP contribution >= 0.6 is 0 Å². The largest absolute Gasteiger partial charge is 0.352 e. The zero-order chi connectivity index (χ0) is 23.8. The average molecular weight is 474 g/mol. The summed E-state index contributed by atoms with van der Waals surface area (Å²) in [4.78, 5) is 23.5. The molecule has 2 aromatic rings. The maximum atomic E-state index is 14.6. The van der Waals surface area contributed by atoms with Gasteiger partial charge in [0.25, 0.3) is 5.91 Å². The van der Waals surface area contributed by atoms with Crippen LogP contribution in [0.25, 0.3) is 0 Å². The second-order valence-corrected chi connectivity index (χ2v) is 9.87. The van der Waals surface area contributed by atoms with E-state index in [0.717, 1.165) is 11.6 Å². The van der Waals surface area contributed by atoms with E-state index in [1.54, 1.807) is 0 Å². The predicted molar refractivity (Wildman–Crippen MR) is 124 cm³/mol. The monoisotopic (exact) mass is 473 g/mol. The van der Waals surface area contributed by atoms with Crippen LogP contribution in [-0.2, 0) is 21.2 Å². The Kier molecular flexibility index (Phi) is 8.35. The first-order valence-electron chi connectivity index (χ1n) is 10.8. The van der Waals surface area contributed by atoms with Crippen molar-refractivity contribution in [1.29, 1.82) is 0 Å². The van der Waals surface area contributed by atoms with Gasteiger partial charge >= 0.3 is 0 Å². The summed E-state index contributed by atoms with van der Waals surface area (Å²) in [6, 6.07) is 13.0. The van der Waals surface area contributed by atoms with Crippen LogP contribution in [0, 0.1) is 11.7 Å². The van der Waals surface area contributed by atoms with Crippen LogP contribution in [0.3, 0.4) is 0 Å². The van der Waals surface area contributed by atoms with Crippen LogP contribution in [0.5, 0.6) is 0 Å². The molecule has 2 aromatic carbocycles. The van der Waals surface area contributed by atoms with Crippen LogP contribution in [0.4, 0.5) is 4.39 Å². The van der Waals surface area contributed by atoms with E-state index < -0.39 is 21.7 Å². The molecule has 2 N–H and O–H groups in total. The summed E-state index contributed by atoms with van der Waals surface area (Å²) in [5.74, 6) is -1.56. The zero-order valence-corrected chi connectivity index (χ0v) is 19.1. The summed E-state index contributed by atoms with van der Waals surface area (Å²) in [7, 11) is -3.88. The molecular weight excluding hydrogens is 445 g/mol. The lowest BCUT2D eigenvalue weighted by Gasteiger charge is -2.31. The number of carbonyl (C=O) groups excluding carboxylic acids is 2. The van der Waals surface area contributed by atoms with Crippen LogP contribution in [0.15, 0.2) is 66.1 Å². The number of nitrogens with one attached hydrogen (secondary N) is 2. The fourth-order valence-corrected chi connectivity index (χ4v) is 5.20. The SMILES string of the molecule is C=CC(=O)NCC1CCN(S(=O)(=O)c2ccc(C(=O)NCCc3ccccc3)c(F)c2)CC1. The number of halogens is 1. The molecule has 2 amide bonds. The Balaban J connectivity index is 1.57. The minimum Gasteiger partial charge on any atom is -0.352 e. The van der Waals surface area contributed by atoms with E-state index in [9.17, 15) is 22.4 Å². The average Bonchev–Trinajstić information content (AvgIpc) is 2.83. The summed E-state index contributed by atoms with van der Waals surface area (Å²) >= 11 is 0. The zero-order valence-electron chi connectivity index (χ0n) is 18.3. The van der Waals surface area contributed by atoms with Gasteiger partial charge in [0.1, 0.15) is 5.82 Å². The van der Waals surface area contributed by atoms with Crippen molar-refractivity contribution in [3.05, 3.63) is 78.1 Å². The van der Waals surface area contributed by atoms with Crippen molar-refractivity contribution in [3.8, 4) is 0 Å². The molecular formula is C24H28FN3O4S. The molecule has 0 bridgehead atoms. The maximum absolute atomic E-state index is 14.6. The summed E-state index contributed by atoms with van der Waals surface area (Å²) < 4.78 is 41.8. The standard InChI is InChI=1S/C24H28FN3O4S/c1-2-23(29)27-17-19-11-14-28(15-12-19)33(31,32)20-8-9-21(22(25)16-20)24(30)26-13-10-18-6-4-3-5-7-18/h2-9,16,19H,1,10-15,17H2,(H,26,30)(H,27,29). The molecule has 176 valence electrons. The normalized spacial score (nSPS) is 15.1. The maximum Gasteiger partial charge on any atom is 0.254 e. The van der Waals surface area contributed by atoms with Gasteiger partial charge in [-0.25, -0.2) is 12.8 Å².